The molecule has 2 aromatic carbocycles. The van der Waals surface area contributed by atoms with Gasteiger partial charge in [-0.25, -0.2) is 8.42 Å². The van der Waals surface area contributed by atoms with E-state index >= 15 is 0 Å². The minimum Gasteiger partial charge on any atom is -0.345 e. The van der Waals surface area contributed by atoms with Crippen molar-refractivity contribution in [3.8, 4) is 0 Å². The average Bonchev–Trinajstić information content (AvgIpc) is 2.71. The first-order chi connectivity index (χ1) is 14.2. The minimum absolute atomic E-state index is 0.0204. The van der Waals surface area contributed by atoms with Gasteiger partial charge in [0, 0.05) is 38.1 Å². The van der Waals surface area contributed by atoms with Crippen LogP contribution >= 0.6 is 0 Å². The van der Waals surface area contributed by atoms with Gasteiger partial charge < -0.3 is 4.90 Å². The van der Waals surface area contributed by atoms with E-state index in [2.05, 4.69) is 5.18 Å². The molecule has 30 heavy (non-hydrogen) atoms. The summed E-state index contributed by atoms with van der Waals surface area (Å²) in [5.74, 6) is 0.0279. The number of carbonyl (C=O) groups is 1. The maximum absolute atomic E-state index is 11.8. The van der Waals surface area contributed by atoms with E-state index < -0.39 is 15.9 Å². The Bertz CT molecular complexity index is 1020. The van der Waals surface area contributed by atoms with Crippen molar-refractivity contribution in [3.05, 3.63) is 70.1 Å². The predicted molar refractivity (Wildman–Crippen MR) is 117 cm³/mol. The molecule has 1 aliphatic heterocycles. The second-order valence-electron chi connectivity index (χ2n) is 8.23. The molecule has 0 aliphatic carbocycles. The lowest BCUT2D eigenvalue weighted by atomic mass is 9.79. The fourth-order valence-corrected chi connectivity index (χ4v) is 4.92. The van der Waals surface area contributed by atoms with Crippen LogP contribution < -0.4 is 0 Å². The molecule has 1 unspecified atom stereocenters. The molecule has 1 heterocycles. The van der Waals surface area contributed by atoms with E-state index in [1.54, 1.807) is 24.1 Å². The lowest BCUT2D eigenvalue weighted by Gasteiger charge is -2.33. The molecule has 3 rings (SSSR count). The maximum atomic E-state index is 11.8. The summed E-state index contributed by atoms with van der Waals surface area (Å²) in [6.45, 7) is 2.56. The van der Waals surface area contributed by atoms with Gasteiger partial charge in [-0.1, -0.05) is 41.6 Å². The number of rotatable bonds is 7. The number of piperidine rings is 1. The molecular formula is C23H28N2O4S. The Morgan fingerprint density at radius 2 is 1.80 bits per heavy atom. The Morgan fingerprint density at radius 3 is 2.37 bits per heavy atom. The fourth-order valence-electron chi connectivity index (χ4n) is 4.29. The second kappa shape index (κ2) is 9.08. The number of benzene rings is 2. The maximum Gasteiger partial charge on any atom is 0.222 e. The molecule has 0 radical (unpaired) electrons. The Kier molecular flexibility index (Phi) is 6.71. The first-order valence-electron chi connectivity index (χ1n) is 10.1. The Balaban J connectivity index is 1.95. The lowest BCUT2D eigenvalue weighted by Crippen LogP contribution is -2.41. The van der Waals surface area contributed by atoms with Gasteiger partial charge in [0.2, 0.25) is 5.91 Å². The molecule has 1 fully saturated rings. The van der Waals surface area contributed by atoms with E-state index in [0.717, 1.165) is 16.7 Å². The molecule has 1 amide bonds. The van der Waals surface area contributed by atoms with E-state index in [-0.39, 0.29) is 22.6 Å². The molecule has 0 N–H and O–H groups in total. The summed E-state index contributed by atoms with van der Waals surface area (Å²) in [6.07, 6.45) is 2.80. The molecule has 160 valence electrons. The minimum atomic E-state index is -3.28. The third-order valence-electron chi connectivity index (χ3n) is 6.09. The van der Waals surface area contributed by atoms with Crippen molar-refractivity contribution in [1.82, 2.24) is 4.90 Å². The van der Waals surface area contributed by atoms with Gasteiger partial charge in [-0.2, -0.15) is 4.91 Å². The third kappa shape index (κ3) is 4.95. The number of amides is 1. The Hall–Kier alpha value is -2.54. The number of hydrogen-bond acceptors (Lipinski definition) is 5. The number of carbonyl (C=O) groups excluding carboxylic acids is 1. The van der Waals surface area contributed by atoms with Gasteiger partial charge >= 0.3 is 0 Å². The Morgan fingerprint density at radius 1 is 1.13 bits per heavy atom. The van der Waals surface area contributed by atoms with Crippen LogP contribution in [0, 0.1) is 17.7 Å². The number of likely N-dealkylation sites (tertiary alicyclic amines) is 1. The van der Waals surface area contributed by atoms with Crippen molar-refractivity contribution in [2.75, 3.05) is 19.8 Å². The summed E-state index contributed by atoms with van der Waals surface area (Å²) >= 11 is 0. The van der Waals surface area contributed by atoms with Gasteiger partial charge in [0.1, 0.15) is 0 Å². The van der Waals surface area contributed by atoms with Gasteiger partial charge in [0.15, 0.2) is 9.84 Å². The van der Waals surface area contributed by atoms with Crippen molar-refractivity contribution >= 4 is 15.7 Å². The zero-order valence-electron chi connectivity index (χ0n) is 17.6. The Labute approximate surface area is 178 Å². The van der Waals surface area contributed by atoms with Crippen LogP contribution in [0.4, 0.5) is 0 Å². The molecular weight excluding hydrogens is 400 g/mol. The quantitative estimate of drug-likeness (QED) is 0.626. The van der Waals surface area contributed by atoms with Crippen LogP contribution in [0.25, 0.3) is 0 Å². The highest BCUT2D eigenvalue weighted by Crippen LogP contribution is 2.36. The normalized spacial score (nSPS) is 19.4. The number of aryl methyl sites for hydroxylation is 1. The van der Waals surface area contributed by atoms with Crippen molar-refractivity contribution < 1.29 is 13.2 Å². The van der Waals surface area contributed by atoms with Gasteiger partial charge in [-0.05, 0) is 48.6 Å². The van der Waals surface area contributed by atoms with Gasteiger partial charge in [-0.15, -0.1) is 0 Å². The number of nitrogens with zero attached hydrogens (tertiary/aromatic N) is 2. The lowest BCUT2D eigenvalue weighted by molar-refractivity contribution is -0.133. The largest absolute Gasteiger partial charge is 0.345 e. The highest BCUT2D eigenvalue weighted by Gasteiger charge is 2.33. The molecule has 0 bridgehead atoms. The van der Waals surface area contributed by atoms with E-state index in [9.17, 15) is 18.1 Å². The van der Waals surface area contributed by atoms with Crippen molar-refractivity contribution in [1.29, 1.82) is 0 Å². The highest BCUT2D eigenvalue weighted by atomic mass is 32.2. The molecule has 0 saturated carbocycles. The fraction of sp³-hybridized carbons (Fsp3) is 0.435. The zero-order chi connectivity index (χ0) is 21.9. The third-order valence-corrected chi connectivity index (χ3v) is 7.22. The van der Waals surface area contributed by atoms with Crippen LogP contribution in [0.5, 0.6) is 0 Å². The predicted octanol–water partition coefficient (Wildman–Crippen LogP) is 3.92. The SMILES string of the molecule is Cc1ccccc1[C@H](CC(N=O)[C@@H]1CCC(=O)N(C)C1)c1ccc(S(C)(=O)=O)cc1. The monoisotopic (exact) mass is 428 g/mol. The molecule has 2 aromatic rings. The summed E-state index contributed by atoms with van der Waals surface area (Å²) in [6, 6.07) is 14.5. The highest BCUT2D eigenvalue weighted by molar-refractivity contribution is 7.90. The summed E-state index contributed by atoms with van der Waals surface area (Å²) < 4.78 is 23.7. The van der Waals surface area contributed by atoms with E-state index in [0.29, 0.717) is 25.8 Å². The molecule has 1 aliphatic rings. The van der Waals surface area contributed by atoms with Crippen LogP contribution in [0.2, 0.25) is 0 Å². The second-order valence-corrected chi connectivity index (χ2v) is 10.2. The average molecular weight is 429 g/mol. The summed E-state index contributed by atoms with van der Waals surface area (Å²) in [4.78, 5) is 25.6. The van der Waals surface area contributed by atoms with Gasteiger partial charge in [0.25, 0.3) is 0 Å². The summed E-state index contributed by atoms with van der Waals surface area (Å²) in [7, 11) is -1.52. The van der Waals surface area contributed by atoms with Crippen LogP contribution in [0.3, 0.4) is 0 Å². The smallest absolute Gasteiger partial charge is 0.222 e. The summed E-state index contributed by atoms with van der Waals surface area (Å²) in [5.41, 5.74) is 3.15. The topological polar surface area (TPSA) is 83.9 Å². The number of sulfone groups is 1. The van der Waals surface area contributed by atoms with Crippen LogP contribution in [0.1, 0.15) is 41.9 Å². The van der Waals surface area contributed by atoms with Crippen molar-refractivity contribution in [2.45, 2.75) is 43.0 Å². The van der Waals surface area contributed by atoms with Crippen LogP contribution in [-0.2, 0) is 14.6 Å². The van der Waals surface area contributed by atoms with Gasteiger partial charge in [0.05, 0.1) is 10.9 Å². The van der Waals surface area contributed by atoms with Crippen LogP contribution in [-0.4, -0.2) is 45.1 Å². The first-order valence-corrected chi connectivity index (χ1v) is 12.0. The molecule has 6 nitrogen and oxygen atoms in total. The van der Waals surface area contributed by atoms with E-state index in [1.165, 1.54) is 6.26 Å². The van der Waals surface area contributed by atoms with Gasteiger partial charge in [-0.3, -0.25) is 4.79 Å². The van der Waals surface area contributed by atoms with E-state index in [4.69, 9.17) is 0 Å². The molecule has 3 atom stereocenters. The summed E-state index contributed by atoms with van der Waals surface area (Å²) in [5, 5.41) is 3.46. The van der Waals surface area contributed by atoms with Crippen molar-refractivity contribution in [2.24, 2.45) is 11.1 Å². The standard InChI is InChI=1S/C23H28N2O4S/c1-16-6-4-5-7-20(16)21(17-8-11-19(12-9-17)30(3,28)29)14-22(24-27)18-10-13-23(26)25(2)15-18/h4-9,11-12,18,21-22H,10,13-15H2,1-3H3/t18-,21-,22?/m1/s1. The van der Waals surface area contributed by atoms with E-state index in [1.807, 2.05) is 43.3 Å². The first kappa shape index (κ1) is 22.2. The number of nitroso groups, excluding NO2 is 1. The molecule has 0 spiro atoms. The zero-order valence-corrected chi connectivity index (χ0v) is 18.4. The number of hydrogen-bond donors (Lipinski definition) is 0. The molecule has 0 aromatic heterocycles. The van der Waals surface area contributed by atoms with Crippen LogP contribution in [0.15, 0.2) is 58.6 Å². The molecule has 7 heteroatoms. The molecule has 1 saturated heterocycles. The van der Waals surface area contributed by atoms with Crippen molar-refractivity contribution in [3.63, 3.8) is 0 Å².